The van der Waals surface area contributed by atoms with E-state index in [2.05, 4.69) is 15.6 Å². The van der Waals surface area contributed by atoms with Gasteiger partial charge in [-0.25, -0.2) is 10.1 Å². The van der Waals surface area contributed by atoms with Crippen LogP contribution in [-0.2, 0) is 6.18 Å². The first kappa shape index (κ1) is 20.9. The number of nitrogens with zero attached hydrogens (tertiary/aromatic N) is 2. The van der Waals surface area contributed by atoms with Crippen LogP contribution < -0.4 is 11.0 Å². The molecule has 0 aliphatic rings. The number of nitrogens with one attached hydrogen (secondary N) is 2. The molecule has 0 bridgehead atoms. The minimum absolute atomic E-state index is 0.0120. The van der Waals surface area contributed by atoms with E-state index in [1.54, 1.807) is 6.92 Å². The molecule has 156 valence electrons. The van der Waals surface area contributed by atoms with Gasteiger partial charge in [0.25, 0.3) is 11.5 Å². The van der Waals surface area contributed by atoms with Gasteiger partial charge in [-0.15, -0.1) is 0 Å². The van der Waals surface area contributed by atoms with E-state index in [4.69, 9.17) is 0 Å². The highest BCUT2D eigenvalue weighted by molar-refractivity contribution is 6.01. The lowest BCUT2D eigenvalue weighted by Gasteiger charge is -2.07. The molecule has 1 amide bonds. The summed E-state index contributed by atoms with van der Waals surface area (Å²) in [6.45, 7) is 3.13. The van der Waals surface area contributed by atoms with E-state index in [1.165, 1.54) is 43.3 Å². The third-order valence-electron chi connectivity index (χ3n) is 4.34. The molecule has 7 nitrogen and oxygen atoms in total. The van der Waals surface area contributed by atoms with Crippen LogP contribution in [0.1, 0.15) is 34.1 Å². The van der Waals surface area contributed by atoms with Gasteiger partial charge in [0.2, 0.25) is 0 Å². The number of hydrogen-bond acceptors (Lipinski definition) is 4. The van der Waals surface area contributed by atoms with Crippen molar-refractivity contribution < 1.29 is 23.1 Å². The Balaban J connectivity index is 1.85. The lowest BCUT2D eigenvalue weighted by Crippen LogP contribution is -2.23. The molecule has 30 heavy (non-hydrogen) atoms. The molecular formula is C20H17F3N4O3. The van der Waals surface area contributed by atoms with E-state index in [0.29, 0.717) is 5.69 Å². The fourth-order valence-electron chi connectivity index (χ4n) is 2.82. The van der Waals surface area contributed by atoms with Gasteiger partial charge in [0.1, 0.15) is 5.75 Å². The molecule has 1 heterocycles. The van der Waals surface area contributed by atoms with E-state index in [0.717, 1.165) is 16.8 Å². The average Bonchev–Trinajstić information content (AvgIpc) is 3.00. The standard InChI is InChI=1S/C20H17F3N4O3/c1-11(24-25-18(29)13-3-9-16(28)10-4-13)17-12(2)26-27(19(17)30)15-7-5-14(6-8-15)20(21,22)23/h3-10,26,28H,1-2H3,(H,25,29)/b24-11-. The van der Waals surface area contributed by atoms with Gasteiger partial charge in [-0.3, -0.25) is 14.7 Å². The normalized spacial score (nSPS) is 12.1. The Bertz CT molecular complexity index is 1160. The summed E-state index contributed by atoms with van der Waals surface area (Å²) in [6, 6.07) is 9.66. The molecule has 0 atom stereocenters. The average molecular weight is 418 g/mol. The molecule has 3 aromatic rings. The fraction of sp³-hybridized carbons (Fsp3) is 0.150. The summed E-state index contributed by atoms with van der Waals surface area (Å²) >= 11 is 0. The Morgan fingerprint density at radius 1 is 1.10 bits per heavy atom. The first-order valence-electron chi connectivity index (χ1n) is 8.71. The van der Waals surface area contributed by atoms with Gasteiger partial charge in [0.05, 0.1) is 22.5 Å². The second kappa shape index (κ2) is 7.90. The number of hydrazone groups is 1. The molecule has 0 saturated heterocycles. The Kier molecular flexibility index (Phi) is 5.50. The predicted molar refractivity (Wildman–Crippen MR) is 104 cm³/mol. The van der Waals surface area contributed by atoms with Crippen LogP contribution >= 0.6 is 0 Å². The van der Waals surface area contributed by atoms with Crippen molar-refractivity contribution in [2.75, 3.05) is 0 Å². The van der Waals surface area contributed by atoms with Crippen molar-refractivity contribution in [3.05, 3.63) is 81.3 Å². The smallest absolute Gasteiger partial charge is 0.416 e. The van der Waals surface area contributed by atoms with Crippen LogP contribution in [0.3, 0.4) is 0 Å². The molecule has 0 spiro atoms. The zero-order valence-electron chi connectivity index (χ0n) is 15.9. The highest BCUT2D eigenvalue weighted by Crippen LogP contribution is 2.29. The van der Waals surface area contributed by atoms with Crippen LogP contribution in [0.15, 0.2) is 58.4 Å². The topological polar surface area (TPSA) is 99.5 Å². The third kappa shape index (κ3) is 4.27. The van der Waals surface area contributed by atoms with Crippen molar-refractivity contribution in [2.45, 2.75) is 20.0 Å². The lowest BCUT2D eigenvalue weighted by atomic mass is 10.2. The number of amides is 1. The van der Waals surface area contributed by atoms with Crippen molar-refractivity contribution in [1.82, 2.24) is 15.2 Å². The molecule has 0 fully saturated rings. The number of carbonyl (C=O) groups excluding carboxylic acids is 1. The molecule has 3 N–H and O–H groups in total. The number of rotatable bonds is 4. The summed E-state index contributed by atoms with van der Waals surface area (Å²) in [5.74, 6) is -0.524. The number of carbonyl (C=O) groups is 1. The summed E-state index contributed by atoms with van der Waals surface area (Å²) in [5.41, 5.74) is 2.29. The molecule has 0 radical (unpaired) electrons. The van der Waals surface area contributed by atoms with Crippen molar-refractivity contribution >= 4 is 11.6 Å². The number of halogens is 3. The lowest BCUT2D eigenvalue weighted by molar-refractivity contribution is -0.137. The number of aromatic nitrogens is 2. The number of aromatic amines is 1. The molecule has 0 unspecified atom stereocenters. The summed E-state index contributed by atoms with van der Waals surface area (Å²) in [4.78, 5) is 24.9. The van der Waals surface area contributed by atoms with Crippen molar-refractivity contribution in [3.8, 4) is 11.4 Å². The SMILES string of the molecule is C/C(=N/NC(=O)c1ccc(O)cc1)c1c(C)[nH]n(-c2ccc(C(F)(F)F)cc2)c1=O. The number of benzene rings is 2. The minimum atomic E-state index is -4.47. The summed E-state index contributed by atoms with van der Waals surface area (Å²) in [5, 5.41) is 16.0. The molecular weight excluding hydrogens is 401 g/mol. The number of H-pyrrole nitrogens is 1. The zero-order chi connectivity index (χ0) is 22.1. The van der Waals surface area contributed by atoms with Gasteiger partial charge in [0.15, 0.2) is 0 Å². The second-order valence-corrected chi connectivity index (χ2v) is 6.48. The molecule has 0 aliphatic heterocycles. The molecule has 0 aliphatic carbocycles. The maximum absolute atomic E-state index is 12.8. The van der Waals surface area contributed by atoms with Crippen LogP contribution in [0.2, 0.25) is 0 Å². The van der Waals surface area contributed by atoms with Crippen molar-refractivity contribution in [2.24, 2.45) is 5.10 Å². The van der Waals surface area contributed by atoms with Gasteiger partial charge in [-0.05, 0) is 62.4 Å². The number of alkyl halides is 3. The summed E-state index contributed by atoms with van der Waals surface area (Å²) in [7, 11) is 0. The molecule has 1 aromatic heterocycles. The second-order valence-electron chi connectivity index (χ2n) is 6.48. The Hall–Kier alpha value is -3.82. The van der Waals surface area contributed by atoms with E-state index in [9.17, 15) is 27.9 Å². The van der Waals surface area contributed by atoms with Gasteiger partial charge in [-0.2, -0.15) is 18.3 Å². The first-order chi connectivity index (χ1) is 14.1. The van der Waals surface area contributed by atoms with Crippen molar-refractivity contribution in [1.29, 1.82) is 0 Å². The number of phenolic OH excluding ortho intramolecular Hbond substituents is 1. The Labute approximate surface area is 168 Å². The molecule has 3 rings (SSSR count). The minimum Gasteiger partial charge on any atom is -0.508 e. The number of aromatic hydroxyl groups is 1. The number of phenols is 1. The van der Waals surface area contributed by atoms with Gasteiger partial charge >= 0.3 is 6.18 Å². The highest BCUT2D eigenvalue weighted by Gasteiger charge is 2.30. The van der Waals surface area contributed by atoms with Gasteiger partial charge < -0.3 is 5.11 Å². The molecule has 2 aromatic carbocycles. The van der Waals surface area contributed by atoms with Crippen LogP contribution in [-0.4, -0.2) is 26.5 Å². The molecule has 10 heteroatoms. The van der Waals surface area contributed by atoms with Crippen LogP contribution in [0.4, 0.5) is 13.2 Å². The van der Waals surface area contributed by atoms with E-state index < -0.39 is 23.2 Å². The predicted octanol–water partition coefficient (Wildman–Crippen LogP) is 3.35. The van der Waals surface area contributed by atoms with E-state index >= 15 is 0 Å². The number of hydrogen-bond donors (Lipinski definition) is 3. The highest BCUT2D eigenvalue weighted by atomic mass is 19.4. The summed E-state index contributed by atoms with van der Waals surface area (Å²) in [6.07, 6.45) is -4.47. The van der Waals surface area contributed by atoms with Gasteiger partial charge in [-0.1, -0.05) is 0 Å². The van der Waals surface area contributed by atoms with Crippen molar-refractivity contribution in [3.63, 3.8) is 0 Å². The first-order valence-corrected chi connectivity index (χ1v) is 8.71. The Morgan fingerprint density at radius 2 is 1.70 bits per heavy atom. The monoisotopic (exact) mass is 418 g/mol. The van der Waals surface area contributed by atoms with E-state index in [1.807, 2.05) is 0 Å². The van der Waals surface area contributed by atoms with Crippen LogP contribution in [0.25, 0.3) is 5.69 Å². The number of aryl methyl sites for hydroxylation is 1. The fourth-order valence-corrected chi connectivity index (χ4v) is 2.82. The Morgan fingerprint density at radius 3 is 2.27 bits per heavy atom. The maximum atomic E-state index is 12.8. The zero-order valence-corrected chi connectivity index (χ0v) is 15.9. The summed E-state index contributed by atoms with van der Waals surface area (Å²) < 4.78 is 39.3. The quantitative estimate of drug-likeness (QED) is 0.448. The van der Waals surface area contributed by atoms with Gasteiger partial charge in [0, 0.05) is 11.3 Å². The maximum Gasteiger partial charge on any atom is 0.416 e. The third-order valence-corrected chi connectivity index (χ3v) is 4.34. The van der Waals surface area contributed by atoms with Crippen LogP contribution in [0, 0.1) is 6.92 Å². The largest absolute Gasteiger partial charge is 0.508 e. The van der Waals surface area contributed by atoms with E-state index in [-0.39, 0.29) is 28.3 Å². The van der Waals surface area contributed by atoms with Crippen LogP contribution in [0.5, 0.6) is 5.75 Å². The molecule has 0 saturated carbocycles.